The molecule has 0 atom stereocenters. The molecule has 0 unspecified atom stereocenters. The normalized spacial score (nSPS) is 22.5. The molecule has 4 saturated carbocycles. The molecule has 7 aromatic rings. The number of nitrogens with zero attached hydrogens (tertiary/aromatic N) is 4. The van der Waals surface area contributed by atoms with Gasteiger partial charge in [-0.3, -0.25) is 0 Å². The van der Waals surface area contributed by atoms with Crippen molar-refractivity contribution in [2.75, 3.05) is 0 Å². The lowest BCUT2D eigenvalue weighted by atomic mass is 9.42. The van der Waals surface area contributed by atoms with Crippen LogP contribution in [0.4, 0.5) is 0 Å². The quantitative estimate of drug-likeness (QED) is 0.166. The van der Waals surface area contributed by atoms with Crippen LogP contribution in [-0.2, 0) is 5.41 Å². The molecule has 260 valence electrons. The number of hydrogen-bond acceptors (Lipinski definition) is 4. The van der Waals surface area contributed by atoms with E-state index in [0.29, 0.717) is 34.9 Å². The molecule has 0 spiro atoms. The molecule has 4 heteroatoms. The van der Waals surface area contributed by atoms with Gasteiger partial charge in [-0.1, -0.05) is 146 Å². The van der Waals surface area contributed by atoms with Crippen LogP contribution in [0.2, 0.25) is 0 Å². The summed E-state index contributed by atoms with van der Waals surface area (Å²) in [5.74, 6) is 5.10. The number of nitriles is 1. The topological polar surface area (TPSA) is 62.5 Å². The monoisotopic (exact) mass is 696 g/mol. The van der Waals surface area contributed by atoms with Gasteiger partial charge < -0.3 is 0 Å². The van der Waals surface area contributed by atoms with Gasteiger partial charge in [-0.05, 0) is 101 Å². The van der Waals surface area contributed by atoms with Crippen molar-refractivity contribution in [3.8, 4) is 62.5 Å². The lowest BCUT2D eigenvalue weighted by Crippen LogP contribution is -2.56. The maximum Gasteiger partial charge on any atom is 0.164 e. The third-order valence-electron chi connectivity index (χ3n) is 12.7. The van der Waals surface area contributed by atoms with Gasteiger partial charge in [0.15, 0.2) is 17.5 Å². The molecule has 4 nitrogen and oxygen atoms in total. The Labute approximate surface area is 317 Å². The second kappa shape index (κ2) is 13.3. The van der Waals surface area contributed by atoms with Gasteiger partial charge in [-0.15, -0.1) is 0 Å². The third kappa shape index (κ3) is 5.63. The molecular formula is C50H40N4. The van der Waals surface area contributed by atoms with Crippen molar-refractivity contribution in [3.05, 3.63) is 174 Å². The van der Waals surface area contributed by atoms with Crippen LogP contribution in [-0.4, -0.2) is 15.0 Å². The second-order valence-electron chi connectivity index (χ2n) is 15.6. The van der Waals surface area contributed by atoms with Gasteiger partial charge in [0, 0.05) is 22.1 Å². The summed E-state index contributed by atoms with van der Waals surface area (Å²) < 4.78 is 0. The molecule has 1 aromatic heterocycles. The van der Waals surface area contributed by atoms with Crippen molar-refractivity contribution in [2.24, 2.45) is 23.7 Å². The Morgan fingerprint density at radius 3 is 1.11 bits per heavy atom. The highest BCUT2D eigenvalue weighted by Gasteiger charge is 2.58. The summed E-state index contributed by atoms with van der Waals surface area (Å²) in [4.78, 5) is 14.7. The van der Waals surface area contributed by atoms with E-state index in [2.05, 4.69) is 91.0 Å². The Balaban J connectivity index is 0.978. The standard InChI is InChI=1S/C50H40N4/c51-32-33-11-13-36(14-12-33)38-19-23-43(24-20-38)50(45-28-34-27-35(30-45)31-46(50)29-34)44-25-21-39(22-26-44)37-15-17-42(18-16-37)49-53-47(40-7-3-1-4-8-40)52-48(54-49)41-9-5-2-6-10-41/h1-26,34-35,45-46H,27-31H2. The Hall–Kier alpha value is -6.18. The summed E-state index contributed by atoms with van der Waals surface area (Å²) in [5.41, 5.74) is 11.3. The zero-order valence-electron chi connectivity index (χ0n) is 30.1. The molecule has 0 amide bonds. The Bertz CT molecular complexity index is 2380. The summed E-state index contributed by atoms with van der Waals surface area (Å²) in [5, 5.41) is 9.28. The van der Waals surface area contributed by atoms with Gasteiger partial charge in [0.05, 0.1) is 11.6 Å². The minimum absolute atomic E-state index is 0.0323. The van der Waals surface area contributed by atoms with Crippen LogP contribution in [0.5, 0.6) is 0 Å². The largest absolute Gasteiger partial charge is 0.208 e. The number of rotatable bonds is 7. The summed E-state index contributed by atoms with van der Waals surface area (Å²) in [6.45, 7) is 0. The van der Waals surface area contributed by atoms with Crippen molar-refractivity contribution in [1.82, 2.24) is 15.0 Å². The molecule has 0 saturated heterocycles. The van der Waals surface area contributed by atoms with E-state index in [-0.39, 0.29) is 5.41 Å². The molecule has 11 rings (SSSR count). The first kappa shape index (κ1) is 32.5. The van der Waals surface area contributed by atoms with E-state index >= 15 is 0 Å². The van der Waals surface area contributed by atoms with E-state index in [1.165, 1.54) is 59.9 Å². The maximum absolute atomic E-state index is 9.28. The Morgan fingerprint density at radius 2 is 0.722 bits per heavy atom. The van der Waals surface area contributed by atoms with Gasteiger partial charge >= 0.3 is 0 Å². The smallest absolute Gasteiger partial charge is 0.164 e. The number of hydrogen-bond donors (Lipinski definition) is 0. The van der Waals surface area contributed by atoms with Crippen LogP contribution >= 0.6 is 0 Å². The highest BCUT2D eigenvalue weighted by molar-refractivity contribution is 5.71. The highest BCUT2D eigenvalue weighted by atomic mass is 15.0. The number of benzene rings is 6. The highest BCUT2D eigenvalue weighted by Crippen LogP contribution is 2.65. The molecule has 0 radical (unpaired) electrons. The van der Waals surface area contributed by atoms with E-state index in [0.717, 1.165) is 34.1 Å². The van der Waals surface area contributed by atoms with Crippen molar-refractivity contribution in [2.45, 2.75) is 37.5 Å². The van der Waals surface area contributed by atoms with Gasteiger partial charge in [-0.25, -0.2) is 15.0 Å². The van der Waals surface area contributed by atoms with Crippen molar-refractivity contribution >= 4 is 0 Å². The van der Waals surface area contributed by atoms with E-state index in [1.807, 2.05) is 72.8 Å². The first-order valence-electron chi connectivity index (χ1n) is 19.3. The van der Waals surface area contributed by atoms with Crippen LogP contribution in [0.1, 0.15) is 48.8 Å². The van der Waals surface area contributed by atoms with Crippen LogP contribution in [0.3, 0.4) is 0 Å². The fraction of sp³-hybridized carbons (Fsp3) is 0.200. The molecule has 4 aliphatic carbocycles. The first-order valence-corrected chi connectivity index (χ1v) is 19.3. The zero-order chi connectivity index (χ0) is 36.1. The minimum Gasteiger partial charge on any atom is -0.208 e. The van der Waals surface area contributed by atoms with Crippen LogP contribution < -0.4 is 0 Å². The fourth-order valence-electron chi connectivity index (χ4n) is 10.4. The van der Waals surface area contributed by atoms with E-state index in [1.54, 1.807) is 0 Å². The average molecular weight is 697 g/mol. The zero-order valence-corrected chi connectivity index (χ0v) is 30.1. The van der Waals surface area contributed by atoms with Crippen molar-refractivity contribution in [1.29, 1.82) is 5.26 Å². The molecule has 4 fully saturated rings. The van der Waals surface area contributed by atoms with Crippen molar-refractivity contribution in [3.63, 3.8) is 0 Å². The minimum atomic E-state index is 0.0323. The third-order valence-corrected chi connectivity index (χ3v) is 12.7. The van der Waals surface area contributed by atoms with Gasteiger partial charge in [-0.2, -0.15) is 5.26 Å². The molecule has 0 N–H and O–H groups in total. The average Bonchev–Trinajstić information content (AvgIpc) is 3.24. The van der Waals surface area contributed by atoms with Gasteiger partial charge in [0.2, 0.25) is 0 Å². The summed E-state index contributed by atoms with van der Waals surface area (Å²) in [6.07, 6.45) is 6.78. The van der Waals surface area contributed by atoms with E-state index in [9.17, 15) is 5.26 Å². The molecule has 1 heterocycles. The Kier molecular flexibility index (Phi) is 8.02. The fourth-order valence-corrected chi connectivity index (χ4v) is 10.4. The van der Waals surface area contributed by atoms with E-state index in [4.69, 9.17) is 15.0 Å². The van der Waals surface area contributed by atoms with Crippen molar-refractivity contribution < 1.29 is 0 Å². The van der Waals surface area contributed by atoms with Crippen LogP contribution in [0.15, 0.2) is 158 Å². The van der Waals surface area contributed by atoms with Crippen LogP contribution in [0, 0.1) is 35.0 Å². The SMILES string of the molecule is N#Cc1ccc(-c2ccc(C3(c4ccc(-c5ccc(-c6nc(-c7ccccc7)nc(-c7ccccc7)n6)cc5)cc4)C4CC5CC(C4)CC3C5)cc2)cc1. The lowest BCUT2D eigenvalue weighted by Gasteiger charge is -2.62. The van der Waals surface area contributed by atoms with Gasteiger partial charge in [0.25, 0.3) is 0 Å². The molecule has 4 aliphatic rings. The van der Waals surface area contributed by atoms with Gasteiger partial charge in [0.1, 0.15) is 0 Å². The first-order chi connectivity index (χ1) is 26.6. The van der Waals surface area contributed by atoms with Crippen LogP contribution in [0.25, 0.3) is 56.4 Å². The maximum atomic E-state index is 9.28. The predicted octanol–water partition coefficient (Wildman–Crippen LogP) is 11.8. The predicted molar refractivity (Wildman–Crippen MR) is 216 cm³/mol. The molecule has 6 aromatic carbocycles. The molecule has 4 bridgehead atoms. The molecule has 0 aliphatic heterocycles. The molecular weight excluding hydrogens is 657 g/mol. The summed E-state index contributed by atoms with van der Waals surface area (Å²) in [7, 11) is 0. The number of aromatic nitrogens is 3. The molecule has 54 heavy (non-hydrogen) atoms. The summed E-state index contributed by atoms with van der Waals surface area (Å²) in [6, 6.07) is 58.1. The Morgan fingerprint density at radius 1 is 0.389 bits per heavy atom. The summed E-state index contributed by atoms with van der Waals surface area (Å²) >= 11 is 0. The lowest BCUT2D eigenvalue weighted by molar-refractivity contribution is -0.0418. The van der Waals surface area contributed by atoms with E-state index < -0.39 is 0 Å². The second-order valence-corrected chi connectivity index (χ2v) is 15.6.